The highest BCUT2D eigenvalue weighted by Gasteiger charge is 2.11. The van der Waals surface area contributed by atoms with E-state index >= 15 is 0 Å². The minimum atomic E-state index is -0.556. The summed E-state index contributed by atoms with van der Waals surface area (Å²) in [5.41, 5.74) is 17.2. The Morgan fingerprint density at radius 1 is 1.27 bits per heavy atom. The molecule has 0 radical (unpaired) electrons. The van der Waals surface area contributed by atoms with Gasteiger partial charge < -0.3 is 0 Å². The van der Waals surface area contributed by atoms with Crippen molar-refractivity contribution < 1.29 is 0 Å². The number of rotatable bonds is 4. The molecule has 0 spiro atoms. The minimum absolute atomic E-state index is 0.0598. The second kappa shape index (κ2) is 5.78. The van der Waals surface area contributed by atoms with Crippen LogP contribution in [0.1, 0.15) is 11.6 Å². The highest BCUT2D eigenvalue weighted by molar-refractivity contribution is 6.31. The molecule has 0 heterocycles. The van der Waals surface area contributed by atoms with Crippen molar-refractivity contribution in [1.82, 2.24) is 0 Å². The SMILES string of the molecule is [N-]=[N+]=NCC(N=[N+]=[N-])c1ccccc1Cl. The van der Waals surface area contributed by atoms with E-state index in [-0.39, 0.29) is 6.54 Å². The van der Waals surface area contributed by atoms with Crippen LogP contribution >= 0.6 is 11.6 Å². The Hall–Kier alpha value is -1.87. The van der Waals surface area contributed by atoms with Crippen LogP contribution in [0.3, 0.4) is 0 Å². The first kappa shape index (κ1) is 11.2. The third-order valence-corrected chi connectivity index (χ3v) is 2.12. The van der Waals surface area contributed by atoms with Gasteiger partial charge in [-0.1, -0.05) is 40.0 Å². The molecular formula is C8H7ClN6. The fraction of sp³-hybridized carbons (Fsp3) is 0.250. The highest BCUT2D eigenvalue weighted by atomic mass is 35.5. The molecule has 0 amide bonds. The van der Waals surface area contributed by atoms with Crippen LogP contribution in [0.5, 0.6) is 0 Å². The summed E-state index contributed by atoms with van der Waals surface area (Å²) in [7, 11) is 0. The predicted molar refractivity (Wildman–Crippen MR) is 57.4 cm³/mol. The predicted octanol–water partition coefficient (Wildman–Crippen LogP) is 4.00. The molecule has 15 heavy (non-hydrogen) atoms. The van der Waals surface area contributed by atoms with Crippen molar-refractivity contribution in [3.05, 3.63) is 55.7 Å². The molecule has 1 aromatic rings. The van der Waals surface area contributed by atoms with E-state index in [4.69, 9.17) is 22.7 Å². The van der Waals surface area contributed by atoms with Gasteiger partial charge in [0.2, 0.25) is 0 Å². The van der Waals surface area contributed by atoms with E-state index < -0.39 is 6.04 Å². The van der Waals surface area contributed by atoms with Crippen LogP contribution in [0, 0.1) is 0 Å². The van der Waals surface area contributed by atoms with Crippen LogP contribution in [0.4, 0.5) is 0 Å². The van der Waals surface area contributed by atoms with Gasteiger partial charge in [0.15, 0.2) is 0 Å². The van der Waals surface area contributed by atoms with Gasteiger partial charge in [0.05, 0.1) is 6.04 Å². The lowest BCUT2D eigenvalue weighted by Crippen LogP contribution is -1.98. The third kappa shape index (κ3) is 3.07. The molecule has 1 unspecified atom stereocenters. The number of hydrogen-bond acceptors (Lipinski definition) is 2. The Kier molecular flexibility index (Phi) is 4.31. The monoisotopic (exact) mass is 222 g/mol. The first-order valence-corrected chi connectivity index (χ1v) is 4.47. The average molecular weight is 223 g/mol. The van der Waals surface area contributed by atoms with Crippen molar-refractivity contribution in [2.24, 2.45) is 10.2 Å². The summed E-state index contributed by atoms with van der Waals surface area (Å²) >= 11 is 5.92. The minimum Gasteiger partial charge on any atom is -0.0932 e. The third-order valence-electron chi connectivity index (χ3n) is 1.77. The lowest BCUT2D eigenvalue weighted by molar-refractivity contribution is 0.727. The molecule has 0 aliphatic carbocycles. The zero-order chi connectivity index (χ0) is 11.1. The summed E-state index contributed by atoms with van der Waals surface area (Å²) in [6.45, 7) is 0.0598. The molecule has 7 heteroatoms. The summed E-state index contributed by atoms with van der Waals surface area (Å²) in [6.07, 6.45) is 0. The lowest BCUT2D eigenvalue weighted by Gasteiger charge is -2.09. The van der Waals surface area contributed by atoms with Crippen molar-refractivity contribution in [2.75, 3.05) is 6.54 Å². The van der Waals surface area contributed by atoms with Crippen molar-refractivity contribution >= 4 is 11.6 Å². The van der Waals surface area contributed by atoms with Crippen molar-refractivity contribution in [2.45, 2.75) is 6.04 Å². The molecule has 0 saturated carbocycles. The topological polar surface area (TPSA) is 97.5 Å². The smallest absolute Gasteiger partial charge is 0.0695 e. The van der Waals surface area contributed by atoms with Gasteiger partial charge in [-0.3, -0.25) is 0 Å². The summed E-state index contributed by atoms with van der Waals surface area (Å²) in [5, 5.41) is 7.38. The Balaban J connectivity index is 3.03. The van der Waals surface area contributed by atoms with Crippen LogP contribution in [0.15, 0.2) is 34.5 Å². The van der Waals surface area contributed by atoms with Gasteiger partial charge in [0, 0.05) is 21.4 Å². The molecule has 1 aromatic carbocycles. The summed E-state index contributed by atoms with van der Waals surface area (Å²) in [6, 6.07) is 6.41. The Morgan fingerprint density at radius 3 is 2.60 bits per heavy atom. The van der Waals surface area contributed by atoms with Gasteiger partial charge in [-0.2, -0.15) is 0 Å². The zero-order valence-corrected chi connectivity index (χ0v) is 8.41. The second-order valence-corrected chi connectivity index (χ2v) is 3.06. The maximum Gasteiger partial charge on any atom is 0.0695 e. The van der Waals surface area contributed by atoms with Gasteiger partial charge in [-0.25, -0.2) is 0 Å². The molecule has 1 rings (SSSR count). The number of hydrogen-bond donors (Lipinski definition) is 0. The molecule has 0 bridgehead atoms. The fourth-order valence-corrected chi connectivity index (χ4v) is 1.38. The molecule has 76 valence electrons. The van der Waals surface area contributed by atoms with E-state index in [1.165, 1.54) is 0 Å². The van der Waals surface area contributed by atoms with E-state index in [1.807, 2.05) is 0 Å². The highest BCUT2D eigenvalue weighted by Crippen LogP contribution is 2.25. The average Bonchev–Trinajstić information content (AvgIpc) is 2.25. The molecule has 1 atom stereocenters. The van der Waals surface area contributed by atoms with Crippen molar-refractivity contribution in [3.8, 4) is 0 Å². The number of halogens is 1. The molecule has 0 N–H and O–H groups in total. The van der Waals surface area contributed by atoms with Crippen molar-refractivity contribution in [1.29, 1.82) is 0 Å². The summed E-state index contributed by atoms with van der Waals surface area (Å²) < 4.78 is 0. The number of azide groups is 2. The van der Waals surface area contributed by atoms with Crippen LogP contribution in [0.2, 0.25) is 5.02 Å². The van der Waals surface area contributed by atoms with E-state index in [9.17, 15) is 0 Å². The van der Waals surface area contributed by atoms with Crippen LogP contribution in [-0.2, 0) is 0 Å². The molecule has 0 saturated heterocycles. The quantitative estimate of drug-likeness (QED) is 0.418. The van der Waals surface area contributed by atoms with E-state index in [0.29, 0.717) is 10.6 Å². The van der Waals surface area contributed by atoms with Crippen LogP contribution in [-0.4, -0.2) is 6.54 Å². The molecule has 0 fully saturated rings. The first-order valence-electron chi connectivity index (χ1n) is 4.09. The standard InChI is InChI=1S/C8H7ClN6/c9-7-4-2-1-3-6(7)8(13-15-11)5-12-14-10/h1-4,8H,5H2. The molecular weight excluding hydrogens is 216 g/mol. The molecule has 0 aromatic heterocycles. The van der Waals surface area contributed by atoms with Gasteiger partial charge in [0.25, 0.3) is 0 Å². The maximum atomic E-state index is 8.37. The maximum absolute atomic E-state index is 8.37. The zero-order valence-electron chi connectivity index (χ0n) is 7.66. The van der Waals surface area contributed by atoms with Gasteiger partial charge in [-0.15, -0.1) is 0 Å². The normalized spacial score (nSPS) is 11.0. The van der Waals surface area contributed by atoms with Crippen LogP contribution in [0.25, 0.3) is 20.9 Å². The second-order valence-electron chi connectivity index (χ2n) is 2.66. The number of benzene rings is 1. The van der Waals surface area contributed by atoms with E-state index in [1.54, 1.807) is 24.3 Å². The largest absolute Gasteiger partial charge is 0.0932 e. The first-order chi connectivity index (χ1) is 7.29. The van der Waals surface area contributed by atoms with Gasteiger partial charge in [-0.05, 0) is 22.7 Å². The fourth-order valence-electron chi connectivity index (χ4n) is 1.12. The van der Waals surface area contributed by atoms with E-state index in [2.05, 4.69) is 20.1 Å². The van der Waals surface area contributed by atoms with Gasteiger partial charge >= 0.3 is 0 Å². The Morgan fingerprint density at radius 2 is 2.00 bits per heavy atom. The summed E-state index contributed by atoms with van der Waals surface area (Å²) in [4.78, 5) is 5.30. The Labute approximate surface area is 90.7 Å². The lowest BCUT2D eigenvalue weighted by atomic mass is 10.1. The molecule has 0 aliphatic rings. The summed E-state index contributed by atoms with van der Waals surface area (Å²) in [5.74, 6) is 0. The van der Waals surface area contributed by atoms with Crippen LogP contribution < -0.4 is 0 Å². The van der Waals surface area contributed by atoms with Crippen molar-refractivity contribution in [3.63, 3.8) is 0 Å². The van der Waals surface area contributed by atoms with E-state index in [0.717, 1.165) is 0 Å². The molecule has 6 nitrogen and oxygen atoms in total. The molecule has 0 aliphatic heterocycles. The van der Waals surface area contributed by atoms with Gasteiger partial charge in [0.1, 0.15) is 0 Å². The number of nitrogens with zero attached hydrogens (tertiary/aromatic N) is 6. The Bertz CT molecular complexity index is 433.